The van der Waals surface area contributed by atoms with E-state index < -0.39 is 18.1 Å². The van der Waals surface area contributed by atoms with E-state index in [1.165, 1.54) is 0 Å². The Hall–Kier alpha value is -4.46. The van der Waals surface area contributed by atoms with Crippen LogP contribution in [-0.2, 0) is 33.9 Å². The van der Waals surface area contributed by atoms with E-state index in [4.69, 9.17) is 13.9 Å². The molecule has 0 saturated heterocycles. The topological polar surface area (TPSA) is 104 Å². The molecule has 0 fully saturated rings. The average molecular weight is 457 g/mol. The van der Waals surface area contributed by atoms with Gasteiger partial charge in [0.1, 0.15) is 12.6 Å². The standard InChI is InChI=1S/C26H23N3O5/c30-25(32-18-23-28-29-24(34-23)21-14-8-3-9-15-21)22(16-19-10-4-1-5-11-19)27-26(31)33-17-20-12-6-2-7-13-20/h1-15,22H,16-18H2,(H,27,31)/t22-/m0/s1. The molecule has 0 aliphatic rings. The lowest BCUT2D eigenvalue weighted by Crippen LogP contribution is -2.43. The number of nitrogens with zero attached hydrogens (tertiary/aromatic N) is 2. The summed E-state index contributed by atoms with van der Waals surface area (Å²) in [4.78, 5) is 25.2. The van der Waals surface area contributed by atoms with Crippen molar-refractivity contribution in [1.29, 1.82) is 0 Å². The van der Waals surface area contributed by atoms with Gasteiger partial charge in [0, 0.05) is 12.0 Å². The van der Waals surface area contributed by atoms with Gasteiger partial charge in [-0.3, -0.25) is 0 Å². The van der Waals surface area contributed by atoms with Crippen LogP contribution >= 0.6 is 0 Å². The second kappa shape index (κ2) is 11.4. The maximum absolute atomic E-state index is 12.8. The summed E-state index contributed by atoms with van der Waals surface area (Å²) in [6.45, 7) is -0.130. The van der Waals surface area contributed by atoms with E-state index in [9.17, 15) is 9.59 Å². The molecule has 0 saturated carbocycles. The Labute approximate surface area is 196 Å². The molecule has 1 aromatic heterocycles. The van der Waals surface area contributed by atoms with Crippen LogP contribution in [0.15, 0.2) is 95.4 Å². The van der Waals surface area contributed by atoms with Crippen molar-refractivity contribution in [2.75, 3.05) is 0 Å². The molecular weight excluding hydrogens is 434 g/mol. The summed E-state index contributed by atoms with van der Waals surface area (Å²) in [7, 11) is 0. The molecule has 1 atom stereocenters. The highest BCUT2D eigenvalue weighted by molar-refractivity contribution is 5.81. The molecule has 172 valence electrons. The molecule has 1 heterocycles. The smallest absolute Gasteiger partial charge is 0.408 e. The van der Waals surface area contributed by atoms with Crippen LogP contribution in [0.5, 0.6) is 0 Å². The van der Waals surface area contributed by atoms with E-state index in [1.54, 1.807) is 0 Å². The molecule has 1 N–H and O–H groups in total. The minimum atomic E-state index is -0.956. The van der Waals surface area contributed by atoms with E-state index in [0.29, 0.717) is 5.89 Å². The summed E-state index contributed by atoms with van der Waals surface area (Å²) in [6.07, 6.45) is -0.481. The number of esters is 1. The van der Waals surface area contributed by atoms with Crippen molar-refractivity contribution >= 4 is 12.1 Å². The summed E-state index contributed by atoms with van der Waals surface area (Å²) >= 11 is 0. The lowest BCUT2D eigenvalue weighted by atomic mass is 10.1. The minimum absolute atomic E-state index is 0.0873. The summed E-state index contributed by atoms with van der Waals surface area (Å²) in [5, 5.41) is 10.5. The largest absolute Gasteiger partial charge is 0.454 e. The first-order chi connectivity index (χ1) is 16.7. The van der Waals surface area contributed by atoms with Gasteiger partial charge in [-0.25, -0.2) is 9.59 Å². The number of aromatic nitrogens is 2. The van der Waals surface area contributed by atoms with E-state index in [2.05, 4.69) is 15.5 Å². The lowest BCUT2D eigenvalue weighted by molar-refractivity contribution is -0.148. The van der Waals surface area contributed by atoms with Crippen molar-refractivity contribution in [2.45, 2.75) is 25.7 Å². The fraction of sp³-hybridized carbons (Fsp3) is 0.154. The summed E-state index contributed by atoms with van der Waals surface area (Å²) < 4.78 is 16.2. The fourth-order valence-corrected chi connectivity index (χ4v) is 3.19. The van der Waals surface area contributed by atoms with Crippen molar-refractivity contribution in [3.8, 4) is 11.5 Å². The Bertz CT molecular complexity index is 1200. The summed E-state index contributed by atoms with van der Waals surface area (Å²) in [5.41, 5.74) is 2.46. The molecule has 8 heteroatoms. The first-order valence-corrected chi connectivity index (χ1v) is 10.7. The van der Waals surface area contributed by atoms with Gasteiger partial charge < -0.3 is 19.2 Å². The monoisotopic (exact) mass is 457 g/mol. The zero-order valence-electron chi connectivity index (χ0n) is 18.3. The van der Waals surface area contributed by atoms with E-state index in [-0.39, 0.29) is 25.5 Å². The number of carbonyl (C=O) groups is 2. The maximum Gasteiger partial charge on any atom is 0.408 e. The first kappa shape index (κ1) is 22.7. The van der Waals surface area contributed by atoms with E-state index in [0.717, 1.165) is 16.7 Å². The van der Waals surface area contributed by atoms with Gasteiger partial charge in [-0.2, -0.15) is 0 Å². The first-order valence-electron chi connectivity index (χ1n) is 10.7. The zero-order valence-corrected chi connectivity index (χ0v) is 18.3. The average Bonchev–Trinajstić information content (AvgIpc) is 3.37. The molecule has 0 bridgehead atoms. The van der Waals surface area contributed by atoms with Crippen molar-refractivity contribution in [3.63, 3.8) is 0 Å². The number of amides is 1. The molecule has 4 rings (SSSR count). The predicted molar refractivity (Wildman–Crippen MR) is 123 cm³/mol. The number of ether oxygens (including phenoxy) is 2. The third-order valence-electron chi connectivity index (χ3n) is 4.90. The molecule has 1 amide bonds. The molecular formula is C26H23N3O5. The third kappa shape index (κ3) is 6.52. The normalized spacial score (nSPS) is 11.4. The molecule has 3 aromatic carbocycles. The molecule has 0 unspecified atom stereocenters. The van der Waals surface area contributed by atoms with Gasteiger partial charge in [0.15, 0.2) is 6.61 Å². The number of alkyl carbamates (subject to hydrolysis) is 1. The Balaban J connectivity index is 1.37. The predicted octanol–water partition coefficient (Wildman–Crippen LogP) is 4.32. The van der Waals surface area contributed by atoms with Gasteiger partial charge in [0.2, 0.25) is 5.89 Å². The third-order valence-corrected chi connectivity index (χ3v) is 4.90. The number of hydrogen-bond acceptors (Lipinski definition) is 7. The van der Waals surface area contributed by atoms with Gasteiger partial charge >= 0.3 is 12.1 Å². The Morgan fingerprint density at radius 1 is 0.765 bits per heavy atom. The van der Waals surface area contributed by atoms with Crippen LogP contribution in [0.4, 0.5) is 4.79 Å². The number of carbonyl (C=O) groups excluding carboxylic acids is 2. The van der Waals surface area contributed by atoms with Crippen LogP contribution in [0, 0.1) is 0 Å². The lowest BCUT2D eigenvalue weighted by Gasteiger charge is -2.17. The highest BCUT2D eigenvalue weighted by Gasteiger charge is 2.24. The summed E-state index contributed by atoms with van der Waals surface area (Å²) in [5.74, 6) is -0.160. The van der Waals surface area contributed by atoms with Crippen LogP contribution in [0.1, 0.15) is 17.0 Å². The van der Waals surface area contributed by atoms with Crippen LogP contribution in [-0.4, -0.2) is 28.3 Å². The molecule has 4 aromatic rings. The van der Waals surface area contributed by atoms with Crippen LogP contribution < -0.4 is 5.32 Å². The van der Waals surface area contributed by atoms with Crippen molar-refractivity contribution < 1.29 is 23.5 Å². The molecule has 0 radical (unpaired) electrons. The van der Waals surface area contributed by atoms with Gasteiger partial charge in [-0.05, 0) is 23.3 Å². The number of hydrogen-bond donors (Lipinski definition) is 1. The SMILES string of the molecule is O=C(N[C@@H](Cc1ccccc1)C(=O)OCc1nnc(-c2ccccc2)o1)OCc1ccccc1. The molecule has 0 aliphatic heterocycles. The van der Waals surface area contributed by atoms with Crippen LogP contribution in [0.25, 0.3) is 11.5 Å². The second-order valence-corrected chi connectivity index (χ2v) is 7.42. The number of benzene rings is 3. The molecule has 0 spiro atoms. The Kier molecular flexibility index (Phi) is 7.63. The highest BCUT2D eigenvalue weighted by Crippen LogP contribution is 2.17. The summed E-state index contributed by atoms with van der Waals surface area (Å²) in [6, 6.07) is 26.9. The van der Waals surface area contributed by atoms with Gasteiger partial charge in [0.25, 0.3) is 5.89 Å². The Morgan fingerprint density at radius 3 is 2.06 bits per heavy atom. The molecule has 34 heavy (non-hydrogen) atoms. The van der Waals surface area contributed by atoms with Gasteiger partial charge in [-0.1, -0.05) is 78.9 Å². The van der Waals surface area contributed by atoms with E-state index in [1.807, 2.05) is 91.0 Å². The Morgan fingerprint density at radius 2 is 1.38 bits per heavy atom. The fourth-order valence-electron chi connectivity index (χ4n) is 3.19. The molecule has 0 aliphatic carbocycles. The maximum atomic E-state index is 12.8. The number of nitrogens with one attached hydrogen (secondary N) is 1. The van der Waals surface area contributed by atoms with Crippen LogP contribution in [0.2, 0.25) is 0 Å². The number of rotatable bonds is 9. The molecule has 8 nitrogen and oxygen atoms in total. The van der Waals surface area contributed by atoms with Crippen molar-refractivity contribution in [3.05, 3.63) is 108 Å². The van der Waals surface area contributed by atoms with Crippen molar-refractivity contribution in [1.82, 2.24) is 15.5 Å². The highest BCUT2D eigenvalue weighted by atomic mass is 16.6. The van der Waals surface area contributed by atoms with E-state index >= 15 is 0 Å². The van der Waals surface area contributed by atoms with Gasteiger partial charge in [0.05, 0.1) is 0 Å². The minimum Gasteiger partial charge on any atom is -0.454 e. The zero-order chi connectivity index (χ0) is 23.6. The second-order valence-electron chi connectivity index (χ2n) is 7.42. The quantitative estimate of drug-likeness (QED) is 0.373. The van der Waals surface area contributed by atoms with Gasteiger partial charge in [-0.15, -0.1) is 10.2 Å². The van der Waals surface area contributed by atoms with Crippen molar-refractivity contribution in [2.24, 2.45) is 0 Å². The van der Waals surface area contributed by atoms with Crippen LogP contribution in [0.3, 0.4) is 0 Å².